The highest BCUT2D eigenvalue weighted by atomic mass is 19.5. The third kappa shape index (κ3) is 42.9. The quantitative estimate of drug-likeness (QED) is 0.308. The first kappa shape index (κ1) is 15.7. The Bertz CT molecular complexity index is 150. The molecule has 86 valence electrons. The minimum atomic E-state index is -6.00. The van der Waals surface area contributed by atoms with Crippen molar-refractivity contribution < 1.29 is 26.4 Å². The van der Waals surface area contributed by atoms with Crippen LogP contribution >= 0.6 is 0 Å². The van der Waals surface area contributed by atoms with E-state index < -0.39 is 7.25 Å². The normalized spacial score (nSPS) is 11.9. The van der Waals surface area contributed by atoms with E-state index in [1.807, 2.05) is 27.7 Å². The average Bonchev–Trinajstić information content (AvgIpc) is 1.80. The van der Waals surface area contributed by atoms with Crippen LogP contribution in [0.15, 0.2) is 0 Å². The second-order valence-corrected chi connectivity index (χ2v) is 2.96. The van der Waals surface area contributed by atoms with Gasteiger partial charge in [0.15, 0.2) is 12.2 Å². The molecule has 0 amide bonds. The Kier molecular flexibility index (Phi) is 8.58. The third-order valence-electron chi connectivity index (χ3n) is 0.655. The lowest BCUT2D eigenvalue weighted by Crippen LogP contribution is -2.04. The maximum absolute atomic E-state index is 9.75. The first-order valence-electron chi connectivity index (χ1n) is 4.13. The number of halogens is 4. The van der Waals surface area contributed by atoms with Gasteiger partial charge in [-0.2, -0.15) is 0 Å². The van der Waals surface area contributed by atoms with Crippen molar-refractivity contribution in [3.05, 3.63) is 0 Å². The molecule has 2 nitrogen and oxygen atoms in total. The van der Waals surface area contributed by atoms with Gasteiger partial charge >= 0.3 is 13.7 Å². The van der Waals surface area contributed by atoms with Gasteiger partial charge < -0.3 is 26.4 Å². The van der Waals surface area contributed by atoms with E-state index >= 15 is 0 Å². The number of hydrogen-bond acceptors (Lipinski definition) is 1. The van der Waals surface area contributed by atoms with Crippen LogP contribution in [0.4, 0.5) is 17.3 Å². The Morgan fingerprint density at radius 2 is 1.43 bits per heavy atom. The molecule has 0 aromatic carbocycles. The fourth-order valence-corrected chi connectivity index (χ4v) is 0.254. The van der Waals surface area contributed by atoms with E-state index in [4.69, 9.17) is 9.16 Å². The fourth-order valence-electron chi connectivity index (χ4n) is 0.254. The van der Waals surface area contributed by atoms with Crippen LogP contribution in [0.2, 0.25) is 0 Å². The molecular weight excluding hydrogens is 203 g/mol. The van der Waals surface area contributed by atoms with Crippen molar-refractivity contribution in [2.45, 2.75) is 39.9 Å². The number of rotatable bonds is 3. The summed E-state index contributed by atoms with van der Waals surface area (Å²) in [4.78, 5) is 0. The molecule has 7 heteroatoms. The molecule has 0 saturated carbocycles. The van der Waals surface area contributed by atoms with E-state index in [0.717, 1.165) is 0 Å². The monoisotopic (exact) mass is 218 g/mol. The topological polar surface area (TPSA) is 20.5 Å². The van der Waals surface area contributed by atoms with Crippen LogP contribution in [0.3, 0.4) is 0 Å². The molecule has 0 aliphatic heterocycles. The summed E-state index contributed by atoms with van der Waals surface area (Å²) in [6, 6.07) is 0. The zero-order chi connectivity index (χ0) is 11.8. The summed E-state index contributed by atoms with van der Waals surface area (Å²) in [7, 11) is -6.00. The molecule has 0 aromatic heterocycles. The van der Waals surface area contributed by atoms with E-state index in [-0.39, 0.29) is 12.2 Å². The number of hydrogen-bond donors (Lipinski definition) is 0. The van der Waals surface area contributed by atoms with Gasteiger partial charge in [0.05, 0.1) is 0 Å². The predicted octanol–water partition coefficient (Wildman–Crippen LogP) is 2.81. The van der Waals surface area contributed by atoms with Crippen LogP contribution < -0.4 is 0 Å². The van der Waals surface area contributed by atoms with Gasteiger partial charge in [0, 0.05) is 0 Å². The molecule has 0 unspecified atom stereocenters. The maximum Gasteiger partial charge on any atom is 0.673 e. The van der Waals surface area contributed by atoms with Crippen molar-refractivity contribution in [2.75, 3.05) is 0 Å². The molecule has 0 atom stereocenters. The zero-order valence-corrected chi connectivity index (χ0v) is 8.64. The summed E-state index contributed by atoms with van der Waals surface area (Å²) < 4.78 is 49.0. The minimum Gasteiger partial charge on any atom is -0.418 e. The second-order valence-electron chi connectivity index (χ2n) is 2.96. The summed E-state index contributed by atoms with van der Waals surface area (Å²) in [6.45, 7) is 9.23. The van der Waals surface area contributed by atoms with Gasteiger partial charge in [0.25, 0.3) is 0 Å². The molecule has 0 aliphatic carbocycles. The SMILES string of the molecule is CC(C)OC=[O+]C(C)C.F[B-](F)(F)F. The van der Waals surface area contributed by atoms with Crippen molar-refractivity contribution in [3.8, 4) is 0 Å². The Labute approximate surface area is 81.0 Å². The third-order valence-corrected chi connectivity index (χ3v) is 0.655. The van der Waals surface area contributed by atoms with Crippen molar-refractivity contribution >= 4 is 13.7 Å². The Hall–Kier alpha value is -0.745. The van der Waals surface area contributed by atoms with Gasteiger partial charge in [-0.3, -0.25) is 0 Å². The number of carbonyl (C=O) groups excluding carboxylic acids is 1. The summed E-state index contributed by atoms with van der Waals surface area (Å²) >= 11 is 0. The van der Waals surface area contributed by atoms with Crippen molar-refractivity contribution in [1.29, 1.82) is 0 Å². The minimum absolute atomic E-state index is 0.212. The fraction of sp³-hybridized carbons (Fsp3) is 0.857. The number of ether oxygens (including phenoxy) is 1. The maximum atomic E-state index is 9.75. The molecule has 0 aromatic rings. The van der Waals surface area contributed by atoms with Crippen molar-refractivity contribution in [1.82, 2.24) is 0 Å². The lowest BCUT2D eigenvalue weighted by molar-refractivity contribution is -0.497. The van der Waals surface area contributed by atoms with Crippen LogP contribution in [-0.2, 0) is 9.16 Å². The highest BCUT2D eigenvalue weighted by Gasteiger charge is 2.20. The Morgan fingerprint density at radius 1 is 1.07 bits per heavy atom. The van der Waals surface area contributed by atoms with Crippen molar-refractivity contribution in [3.63, 3.8) is 0 Å². The molecule has 0 bridgehead atoms. The van der Waals surface area contributed by atoms with Gasteiger partial charge in [-0.15, -0.1) is 0 Å². The van der Waals surface area contributed by atoms with Gasteiger partial charge in [-0.05, 0) is 27.7 Å². The first-order valence-corrected chi connectivity index (χ1v) is 4.13. The van der Waals surface area contributed by atoms with Crippen LogP contribution in [-0.4, -0.2) is 25.9 Å². The van der Waals surface area contributed by atoms with Crippen LogP contribution in [0, 0.1) is 0 Å². The molecule has 0 fully saturated rings. The molecular formula is C7H15BF4O2. The summed E-state index contributed by atoms with van der Waals surface area (Å²) in [6.07, 6.45) is 0.424. The van der Waals surface area contributed by atoms with Gasteiger partial charge in [-0.25, -0.2) is 0 Å². The molecule has 0 heterocycles. The molecule has 0 aliphatic rings. The predicted molar refractivity (Wildman–Crippen MR) is 47.6 cm³/mol. The highest BCUT2D eigenvalue weighted by Crippen LogP contribution is 2.06. The van der Waals surface area contributed by atoms with E-state index in [0.29, 0.717) is 0 Å². The molecule has 0 N–H and O–H groups in total. The average molecular weight is 218 g/mol. The van der Waals surface area contributed by atoms with Crippen LogP contribution in [0.5, 0.6) is 0 Å². The van der Waals surface area contributed by atoms with E-state index in [1.165, 1.54) is 6.47 Å². The van der Waals surface area contributed by atoms with Gasteiger partial charge in [0.1, 0.15) is 0 Å². The Morgan fingerprint density at radius 3 is 1.64 bits per heavy atom. The largest absolute Gasteiger partial charge is 0.673 e. The second kappa shape index (κ2) is 7.64. The van der Waals surface area contributed by atoms with Gasteiger partial charge in [-0.1, -0.05) is 0 Å². The molecule has 0 spiro atoms. The molecule has 0 radical (unpaired) electrons. The summed E-state index contributed by atoms with van der Waals surface area (Å²) in [5.74, 6) is 0. The van der Waals surface area contributed by atoms with Gasteiger partial charge in [0.2, 0.25) is 0 Å². The van der Waals surface area contributed by atoms with Crippen LogP contribution in [0.1, 0.15) is 27.7 Å². The van der Waals surface area contributed by atoms with E-state index in [9.17, 15) is 17.3 Å². The van der Waals surface area contributed by atoms with Crippen LogP contribution in [0.25, 0.3) is 0 Å². The zero-order valence-electron chi connectivity index (χ0n) is 8.64. The summed E-state index contributed by atoms with van der Waals surface area (Å²) in [5, 5.41) is 0. The van der Waals surface area contributed by atoms with E-state index in [1.54, 1.807) is 0 Å². The lowest BCUT2D eigenvalue weighted by atomic mass is 10.3. The lowest BCUT2D eigenvalue weighted by Gasteiger charge is -1.94. The standard InChI is InChI=1S/C7H15O2.BF4/c1-6(2)8-5-9-7(3)4;2-1(3,4)5/h5-7H,1-4H3;/q+1;-1. The molecule has 0 rings (SSSR count). The summed E-state index contributed by atoms with van der Waals surface area (Å²) in [5.41, 5.74) is 0. The first-order chi connectivity index (χ1) is 6.13. The van der Waals surface area contributed by atoms with E-state index in [2.05, 4.69) is 0 Å². The van der Waals surface area contributed by atoms with Crippen molar-refractivity contribution in [2.24, 2.45) is 0 Å². The smallest absolute Gasteiger partial charge is 0.418 e. The Balaban J connectivity index is 0. The molecule has 14 heavy (non-hydrogen) atoms. The highest BCUT2D eigenvalue weighted by molar-refractivity contribution is 6.50. The molecule has 0 saturated heterocycles.